The maximum absolute atomic E-state index is 10.2. The summed E-state index contributed by atoms with van der Waals surface area (Å²) in [5, 5.41) is 10.2. The molecule has 118 valence electrons. The van der Waals surface area contributed by atoms with Gasteiger partial charge in [-0.15, -0.1) is 0 Å². The van der Waals surface area contributed by atoms with E-state index in [1.807, 2.05) is 54.0 Å². The molecule has 0 spiro atoms. The second kappa shape index (κ2) is 5.37. The monoisotopic (exact) mass is 310 g/mol. The SMILES string of the molecule is Cc1ccc(Oc2ccc3c(c2)ncn3CC2(O)COC2)cc1. The van der Waals surface area contributed by atoms with E-state index < -0.39 is 5.60 Å². The van der Waals surface area contributed by atoms with Crippen molar-refractivity contribution in [2.45, 2.75) is 19.1 Å². The molecule has 5 nitrogen and oxygen atoms in total. The minimum Gasteiger partial charge on any atom is -0.457 e. The zero-order chi connectivity index (χ0) is 15.9. The Morgan fingerprint density at radius 3 is 2.61 bits per heavy atom. The molecule has 0 aliphatic carbocycles. The Bertz CT molecular complexity index is 835. The summed E-state index contributed by atoms with van der Waals surface area (Å²) < 4.78 is 12.9. The topological polar surface area (TPSA) is 56.5 Å². The van der Waals surface area contributed by atoms with Crippen LogP contribution in [-0.2, 0) is 11.3 Å². The average Bonchev–Trinajstić information content (AvgIpc) is 2.90. The number of aromatic nitrogens is 2. The van der Waals surface area contributed by atoms with Crippen molar-refractivity contribution in [3.05, 3.63) is 54.4 Å². The molecule has 0 bridgehead atoms. The van der Waals surface area contributed by atoms with Gasteiger partial charge in [0.05, 0.1) is 37.1 Å². The van der Waals surface area contributed by atoms with E-state index in [1.54, 1.807) is 6.33 Å². The van der Waals surface area contributed by atoms with Crippen LogP contribution in [0.1, 0.15) is 5.56 Å². The van der Waals surface area contributed by atoms with Gasteiger partial charge in [-0.25, -0.2) is 4.98 Å². The Morgan fingerprint density at radius 1 is 1.17 bits per heavy atom. The number of nitrogens with zero attached hydrogens (tertiary/aromatic N) is 2. The first-order valence-electron chi connectivity index (χ1n) is 7.61. The van der Waals surface area contributed by atoms with Crippen molar-refractivity contribution in [1.82, 2.24) is 9.55 Å². The predicted molar refractivity (Wildman–Crippen MR) is 86.8 cm³/mol. The third kappa shape index (κ3) is 2.81. The van der Waals surface area contributed by atoms with E-state index in [9.17, 15) is 5.11 Å². The number of fused-ring (bicyclic) bond motifs is 1. The van der Waals surface area contributed by atoms with Crippen molar-refractivity contribution < 1.29 is 14.6 Å². The summed E-state index contributed by atoms with van der Waals surface area (Å²) in [7, 11) is 0. The van der Waals surface area contributed by atoms with Crippen LogP contribution in [0.5, 0.6) is 11.5 Å². The van der Waals surface area contributed by atoms with Gasteiger partial charge < -0.3 is 19.1 Å². The van der Waals surface area contributed by atoms with E-state index >= 15 is 0 Å². The van der Waals surface area contributed by atoms with Crippen LogP contribution in [0.3, 0.4) is 0 Å². The highest BCUT2D eigenvalue weighted by Gasteiger charge is 2.36. The van der Waals surface area contributed by atoms with Gasteiger partial charge in [0.15, 0.2) is 0 Å². The lowest BCUT2D eigenvalue weighted by Gasteiger charge is -2.36. The highest BCUT2D eigenvalue weighted by molar-refractivity contribution is 5.77. The molecule has 0 amide bonds. The van der Waals surface area contributed by atoms with E-state index in [0.717, 1.165) is 22.5 Å². The molecule has 0 saturated carbocycles. The first-order valence-corrected chi connectivity index (χ1v) is 7.61. The van der Waals surface area contributed by atoms with Crippen LogP contribution in [0.15, 0.2) is 48.8 Å². The molecule has 5 heteroatoms. The smallest absolute Gasteiger partial charge is 0.129 e. The summed E-state index contributed by atoms with van der Waals surface area (Å²) in [5.41, 5.74) is 2.24. The average molecular weight is 310 g/mol. The molecule has 0 radical (unpaired) electrons. The van der Waals surface area contributed by atoms with Gasteiger partial charge in [0.2, 0.25) is 0 Å². The van der Waals surface area contributed by atoms with Crippen LogP contribution in [0.25, 0.3) is 11.0 Å². The molecular formula is C18H18N2O3. The number of benzene rings is 2. The molecule has 0 unspecified atom stereocenters. The van der Waals surface area contributed by atoms with E-state index in [0.29, 0.717) is 19.8 Å². The fraction of sp³-hybridized carbons (Fsp3) is 0.278. The summed E-state index contributed by atoms with van der Waals surface area (Å²) in [6.07, 6.45) is 1.75. The molecular weight excluding hydrogens is 292 g/mol. The van der Waals surface area contributed by atoms with Crippen LogP contribution in [0.2, 0.25) is 0 Å². The third-order valence-electron chi connectivity index (χ3n) is 4.06. The van der Waals surface area contributed by atoms with Gasteiger partial charge in [-0.2, -0.15) is 0 Å². The Morgan fingerprint density at radius 2 is 1.91 bits per heavy atom. The Kier molecular flexibility index (Phi) is 3.32. The third-order valence-corrected chi connectivity index (χ3v) is 4.06. The molecule has 1 aliphatic rings. The van der Waals surface area contributed by atoms with Crippen molar-refractivity contribution in [3.63, 3.8) is 0 Å². The van der Waals surface area contributed by atoms with Gasteiger partial charge in [-0.3, -0.25) is 0 Å². The number of hydrogen-bond acceptors (Lipinski definition) is 4. The van der Waals surface area contributed by atoms with E-state index in [1.165, 1.54) is 5.56 Å². The van der Waals surface area contributed by atoms with Gasteiger partial charge in [0.25, 0.3) is 0 Å². The molecule has 2 heterocycles. The van der Waals surface area contributed by atoms with Gasteiger partial charge >= 0.3 is 0 Å². The number of rotatable bonds is 4. The molecule has 4 rings (SSSR count). The maximum Gasteiger partial charge on any atom is 0.129 e. The summed E-state index contributed by atoms with van der Waals surface area (Å²) >= 11 is 0. The molecule has 23 heavy (non-hydrogen) atoms. The van der Waals surface area contributed by atoms with Crippen LogP contribution in [0.4, 0.5) is 0 Å². The predicted octanol–water partition coefficient (Wildman–Crippen LogP) is 2.90. The van der Waals surface area contributed by atoms with Crippen molar-refractivity contribution in [1.29, 1.82) is 0 Å². The second-order valence-electron chi connectivity index (χ2n) is 6.16. The molecule has 2 aromatic carbocycles. The normalized spacial score (nSPS) is 16.3. The first-order chi connectivity index (χ1) is 11.1. The standard InChI is InChI=1S/C18H18N2O3/c1-13-2-4-14(5-3-13)23-15-6-7-17-16(8-15)19-12-20(17)9-18(21)10-22-11-18/h2-8,12,21H,9-11H2,1H3. The molecule has 1 aromatic heterocycles. The highest BCUT2D eigenvalue weighted by Crippen LogP contribution is 2.27. The number of hydrogen-bond donors (Lipinski definition) is 1. The Balaban J connectivity index is 1.57. The quantitative estimate of drug-likeness (QED) is 0.805. The van der Waals surface area contributed by atoms with Crippen molar-refractivity contribution in [2.24, 2.45) is 0 Å². The second-order valence-corrected chi connectivity index (χ2v) is 6.16. The van der Waals surface area contributed by atoms with Crippen LogP contribution in [-0.4, -0.2) is 33.5 Å². The van der Waals surface area contributed by atoms with E-state index in [4.69, 9.17) is 9.47 Å². The lowest BCUT2D eigenvalue weighted by Crippen LogP contribution is -2.52. The molecule has 1 N–H and O–H groups in total. The largest absolute Gasteiger partial charge is 0.457 e. The van der Waals surface area contributed by atoms with Crippen LogP contribution in [0, 0.1) is 6.92 Å². The van der Waals surface area contributed by atoms with Crippen LogP contribution >= 0.6 is 0 Å². The van der Waals surface area contributed by atoms with E-state index in [2.05, 4.69) is 4.98 Å². The fourth-order valence-corrected chi connectivity index (χ4v) is 2.72. The summed E-state index contributed by atoms with van der Waals surface area (Å²) in [6.45, 7) is 3.29. The Labute approximate surface area is 134 Å². The molecule has 1 fully saturated rings. The van der Waals surface area contributed by atoms with Crippen LogP contribution < -0.4 is 4.74 Å². The number of imidazole rings is 1. The van der Waals surface area contributed by atoms with Gasteiger partial charge in [0, 0.05) is 6.07 Å². The number of ether oxygens (including phenoxy) is 2. The zero-order valence-electron chi connectivity index (χ0n) is 12.9. The minimum atomic E-state index is -0.773. The van der Waals surface area contributed by atoms with Crippen molar-refractivity contribution in [2.75, 3.05) is 13.2 Å². The highest BCUT2D eigenvalue weighted by atomic mass is 16.5. The molecule has 0 atom stereocenters. The van der Waals surface area contributed by atoms with Crippen molar-refractivity contribution >= 4 is 11.0 Å². The van der Waals surface area contributed by atoms with Crippen molar-refractivity contribution in [3.8, 4) is 11.5 Å². The summed E-state index contributed by atoms with van der Waals surface area (Å²) in [6, 6.07) is 13.7. The molecule has 1 aliphatic heterocycles. The number of aryl methyl sites for hydroxylation is 1. The maximum atomic E-state index is 10.2. The zero-order valence-corrected chi connectivity index (χ0v) is 12.9. The molecule has 3 aromatic rings. The van der Waals surface area contributed by atoms with E-state index in [-0.39, 0.29) is 0 Å². The molecule has 1 saturated heterocycles. The van der Waals surface area contributed by atoms with Gasteiger partial charge in [-0.05, 0) is 31.2 Å². The summed E-state index contributed by atoms with van der Waals surface area (Å²) in [4.78, 5) is 4.41. The number of aliphatic hydroxyl groups is 1. The first kappa shape index (κ1) is 14.2. The Hall–Kier alpha value is -2.37. The lowest BCUT2D eigenvalue weighted by molar-refractivity contribution is -0.184. The minimum absolute atomic E-state index is 0.376. The fourth-order valence-electron chi connectivity index (χ4n) is 2.72. The lowest BCUT2D eigenvalue weighted by atomic mass is 10.0. The van der Waals surface area contributed by atoms with Gasteiger partial charge in [-0.1, -0.05) is 17.7 Å². The van der Waals surface area contributed by atoms with Gasteiger partial charge in [0.1, 0.15) is 17.1 Å². The summed E-state index contributed by atoms with van der Waals surface area (Å²) in [5.74, 6) is 1.55.